The SMILES string of the molecule is C1#[N+]C2CCCC2NC1. The highest BCUT2D eigenvalue weighted by Crippen LogP contribution is 2.23. The fraction of sp³-hybridized carbons (Fsp3) is 0.857. The van der Waals surface area contributed by atoms with Crippen LogP contribution < -0.4 is 5.32 Å². The predicted octanol–water partition coefficient (Wildman–Crippen LogP) is 0.844. The second-order valence-electron chi connectivity index (χ2n) is 2.77. The van der Waals surface area contributed by atoms with Crippen molar-refractivity contribution in [3.8, 4) is 6.07 Å². The molecule has 2 aliphatic rings. The Labute approximate surface area is 55.1 Å². The summed E-state index contributed by atoms with van der Waals surface area (Å²) < 4.78 is 0. The molecule has 1 aliphatic carbocycles. The van der Waals surface area contributed by atoms with Crippen molar-refractivity contribution in [2.75, 3.05) is 6.54 Å². The van der Waals surface area contributed by atoms with Gasteiger partial charge in [-0.15, -0.1) is 0 Å². The third kappa shape index (κ3) is 0.818. The summed E-state index contributed by atoms with van der Waals surface area (Å²) in [6.07, 6.45) is 3.92. The van der Waals surface area contributed by atoms with Gasteiger partial charge in [-0.25, -0.2) is 0 Å². The Morgan fingerprint density at radius 2 is 2.44 bits per heavy atom. The zero-order valence-corrected chi connectivity index (χ0v) is 5.43. The van der Waals surface area contributed by atoms with Gasteiger partial charge in [0.25, 0.3) is 12.1 Å². The normalized spacial score (nSPS) is 39.1. The van der Waals surface area contributed by atoms with E-state index in [2.05, 4.69) is 16.2 Å². The topological polar surface area (TPSA) is 16.4 Å². The minimum absolute atomic E-state index is 0.568. The summed E-state index contributed by atoms with van der Waals surface area (Å²) >= 11 is 0. The number of nitrogens with one attached hydrogen (secondary N) is 1. The molecule has 2 atom stereocenters. The molecule has 0 aromatic carbocycles. The van der Waals surface area contributed by atoms with E-state index < -0.39 is 0 Å². The van der Waals surface area contributed by atoms with Gasteiger partial charge in [0, 0.05) is 6.42 Å². The van der Waals surface area contributed by atoms with Crippen molar-refractivity contribution in [1.29, 1.82) is 0 Å². The van der Waals surface area contributed by atoms with E-state index in [1.54, 1.807) is 0 Å². The van der Waals surface area contributed by atoms with Gasteiger partial charge in [-0.05, 0) is 12.8 Å². The fourth-order valence-corrected chi connectivity index (χ4v) is 1.67. The molecular weight excluding hydrogens is 112 g/mol. The maximum atomic E-state index is 4.28. The minimum Gasteiger partial charge on any atom is -0.291 e. The summed E-state index contributed by atoms with van der Waals surface area (Å²) in [5.74, 6) is 0. The summed E-state index contributed by atoms with van der Waals surface area (Å²) in [6.45, 7) is 0.862. The number of nitrogens with zero attached hydrogens (tertiary/aromatic N) is 1. The van der Waals surface area contributed by atoms with Crippen molar-refractivity contribution in [3.05, 3.63) is 4.85 Å². The van der Waals surface area contributed by atoms with Gasteiger partial charge in [0.2, 0.25) is 0 Å². The van der Waals surface area contributed by atoms with E-state index in [0.717, 1.165) is 6.54 Å². The van der Waals surface area contributed by atoms with Crippen LogP contribution in [0.15, 0.2) is 0 Å². The standard InChI is InChI=1S/C7H11N2/c1-2-6-7(3-1)9-5-4-8-6/h6-8H,1-4H2/q+1. The smallest absolute Gasteiger partial charge is 0.288 e. The largest absolute Gasteiger partial charge is 0.291 e. The van der Waals surface area contributed by atoms with Crippen molar-refractivity contribution in [1.82, 2.24) is 5.32 Å². The van der Waals surface area contributed by atoms with E-state index in [9.17, 15) is 0 Å². The van der Waals surface area contributed by atoms with E-state index >= 15 is 0 Å². The molecule has 2 heteroatoms. The van der Waals surface area contributed by atoms with Crippen molar-refractivity contribution in [3.63, 3.8) is 0 Å². The van der Waals surface area contributed by atoms with Crippen molar-refractivity contribution in [2.45, 2.75) is 31.3 Å². The fourth-order valence-electron chi connectivity index (χ4n) is 1.67. The lowest BCUT2D eigenvalue weighted by Gasteiger charge is -2.08. The molecule has 0 aromatic heterocycles. The van der Waals surface area contributed by atoms with Crippen molar-refractivity contribution < 1.29 is 0 Å². The van der Waals surface area contributed by atoms with Crippen LogP contribution in [-0.2, 0) is 0 Å². The quantitative estimate of drug-likeness (QED) is 0.472. The first-order valence-electron chi connectivity index (χ1n) is 3.63. The molecule has 1 fully saturated rings. The third-order valence-corrected chi connectivity index (χ3v) is 2.18. The third-order valence-electron chi connectivity index (χ3n) is 2.18. The van der Waals surface area contributed by atoms with Crippen LogP contribution in [0, 0.1) is 6.07 Å². The first kappa shape index (κ1) is 5.25. The van der Waals surface area contributed by atoms with E-state index in [1.807, 2.05) is 0 Å². The Bertz CT molecular complexity index is 165. The van der Waals surface area contributed by atoms with Gasteiger partial charge in [0.05, 0.1) is 6.04 Å². The second kappa shape index (κ2) is 2.00. The molecule has 0 aromatic rings. The molecular formula is C7H11N2+. The number of fused-ring (bicyclic) bond motifs is 1. The average molecular weight is 123 g/mol. The molecule has 48 valence electrons. The highest BCUT2D eigenvalue weighted by molar-refractivity contribution is 5.08. The van der Waals surface area contributed by atoms with Gasteiger partial charge >= 0.3 is 0 Å². The van der Waals surface area contributed by atoms with E-state index in [4.69, 9.17) is 0 Å². The Balaban J connectivity index is 2.15. The van der Waals surface area contributed by atoms with Gasteiger partial charge in [-0.2, -0.15) is 0 Å². The lowest BCUT2D eigenvalue weighted by atomic mass is 10.2. The van der Waals surface area contributed by atoms with Gasteiger partial charge in [-0.3, -0.25) is 5.32 Å². The molecule has 0 saturated heterocycles. The van der Waals surface area contributed by atoms with Crippen LogP contribution in [-0.4, -0.2) is 18.6 Å². The number of hydrogen-bond donors (Lipinski definition) is 1. The molecule has 1 N–H and O–H groups in total. The summed E-state index contributed by atoms with van der Waals surface area (Å²) in [5.41, 5.74) is 0. The Morgan fingerprint density at radius 3 is 3.33 bits per heavy atom. The Morgan fingerprint density at radius 1 is 1.44 bits per heavy atom. The highest BCUT2D eigenvalue weighted by Gasteiger charge is 2.36. The highest BCUT2D eigenvalue weighted by atomic mass is 15.0. The minimum atomic E-state index is 0.568. The van der Waals surface area contributed by atoms with Crippen LogP contribution in [0.3, 0.4) is 0 Å². The van der Waals surface area contributed by atoms with Crippen LogP contribution in [0.25, 0.3) is 4.85 Å². The maximum Gasteiger partial charge on any atom is 0.288 e. The average Bonchev–Trinajstić information content (AvgIpc) is 2.33. The summed E-state index contributed by atoms with van der Waals surface area (Å²) in [4.78, 5) is 4.28. The molecule has 2 unspecified atom stereocenters. The monoisotopic (exact) mass is 123 g/mol. The molecule has 0 bridgehead atoms. The molecule has 1 saturated carbocycles. The lowest BCUT2D eigenvalue weighted by Crippen LogP contribution is -2.36. The predicted molar refractivity (Wildman–Crippen MR) is 36.7 cm³/mol. The summed E-state index contributed by atoms with van der Waals surface area (Å²) in [6, 6.07) is 4.22. The molecule has 1 heterocycles. The molecule has 2 rings (SSSR count). The van der Waals surface area contributed by atoms with E-state index in [1.165, 1.54) is 19.3 Å². The van der Waals surface area contributed by atoms with Crippen LogP contribution in [0.1, 0.15) is 19.3 Å². The lowest BCUT2D eigenvalue weighted by molar-refractivity contribution is 0.526. The van der Waals surface area contributed by atoms with Crippen LogP contribution in [0.2, 0.25) is 0 Å². The van der Waals surface area contributed by atoms with Crippen molar-refractivity contribution >= 4 is 0 Å². The van der Waals surface area contributed by atoms with Gasteiger partial charge in [0.15, 0.2) is 0 Å². The first-order chi connectivity index (χ1) is 4.47. The van der Waals surface area contributed by atoms with Crippen LogP contribution >= 0.6 is 0 Å². The van der Waals surface area contributed by atoms with E-state index in [-0.39, 0.29) is 0 Å². The first-order valence-corrected chi connectivity index (χ1v) is 3.63. The molecule has 9 heavy (non-hydrogen) atoms. The van der Waals surface area contributed by atoms with Gasteiger partial charge in [-0.1, -0.05) is 4.85 Å². The number of rotatable bonds is 0. The molecule has 1 aliphatic heterocycles. The maximum absolute atomic E-state index is 4.28. The summed E-state index contributed by atoms with van der Waals surface area (Å²) in [7, 11) is 0. The molecule has 0 spiro atoms. The van der Waals surface area contributed by atoms with Crippen LogP contribution in [0.5, 0.6) is 0 Å². The zero-order chi connectivity index (χ0) is 6.10. The molecule has 0 amide bonds. The number of hydrogen-bond acceptors (Lipinski definition) is 1. The second-order valence-corrected chi connectivity index (χ2v) is 2.77. The zero-order valence-electron chi connectivity index (χ0n) is 5.43. The van der Waals surface area contributed by atoms with Gasteiger partial charge < -0.3 is 0 Å². The summed E-state index contributed by atoms with van der Waals surface area (Å²) in [5, 5.41) is 3.38. The molecule has 0 radical (unpaired) electrons. The van der Waals surface area contributed by atoms with Crippen molar-refractivity contribution in [2.24, 2.45) is 0 Å². The van der Waals surface area contributed by atoms with E-state index in [0.29, 0.717) is 12.1 Å². The molecule has 2 nitrogen and oxygen atoms in total. The Kier molecular flexibility index (Phi) is 1.17. The van der Waals surface area contributed by atoms with Gasteiger partial charge in [0.1, 0.15) is 6.54 Å². The Hall–Kier alpha value is -0.550. The van der Waals surface area contributed by atoms with Crippen LogP contribution in [0.4, 0.5) is 0 Å².